The highest BCUT2D eigenvalue weighted by Crippen LogP contribution is 2.26. The Hall–Kier alpha value is -3.44. The van der Waals surface area contributed by atoms with Gasteiger partial charge in [0.25, 0.3) is 5.91 Å². The van der Waals surface area contributed by atoms with Crippen LogP contribution in [0.5, 0.6) is 0 Å². The molecule has 150 valence electrons. The van der Waals surface area contributed by atoms with E-state index >= 15 is 0 Å². The van der Waals surface area contributed by atoms with Gasteiger partial charge in [-0.05, 0) is 67.8 Å². The third-order valence-electron chi connectivity index (χ3n) is 4.76. The summed E-state index contributed by atoms with van der Waals surface area (Å²) in [5, 5.41) is 8.03. The number of aromatic nitrogens is 3. The van der Waals surface area contributed by atoms with E-state index in [0.717, 1.165) is 27.9 Å². The van der Waals surface area contributed by atoms with Gasteiger partial charge in [0, 0.05) is 16.3 Å². The first kappa shape index (κ1) is 19.9. The lowest BCUT2D eigenvalue weighted by molar-refractivity contribution is 0.101. The van der Waals surface area contributed by atoms with Crippen molar-refractivity contribution >= 4 is 23.2 Å². The molecule has 30 heavy (non-hydrogen) atoms. The molecule has 1 aromatic heterocycles. The maximum atomic E-state index is 12.9. The molecule has 4 rings (SSSR count). The Balaban J connectivity index is 1.81. The number of amides is 1. The summed E-state index contributed by atoms with van der Waals surface area (Å²) >= 11 is 6.20. The summed E-state index contributed by atoms with van der Waals surface area (Å²) in [4.78, 5) is 17.5. The van der Waals surface area contributed by atoms with Crippen LogP contribution in [0.25, 0.3) is 17.1 Å². The number of nitrogens with one attached hydrogen (secondary N) is 1. The molecule has 4 aromatic rings. The smallest absolute Gasteiger partial charge is 0.295 e. The van der Waals surface area contributed by atoms with Crippen molar-refractivity contribution in [3.05, 3.63) is 94.3 Å². The van der Waals surface area contributed by atoms with Crippen molar-refractivity contribution in [2.24, 2.45) is 0 Å². The van der Waals surface area contributed by atoms with Crippen LogP contribution < -0.4 is 5.32 Å². The highest BCUT2D eigenvalue weighted by atomic mass is 35.5. The average Bonchev–Trinajstić information content (AvgIpc) is 3.15. The lowest BCUT2D eigenvalue weighted by atomic mass is 10.1. The lowest BCUT2D eigenvalue weighted by Gasteiger charge is -2.10. The Kier molecular flexibility index (Phi) is 5.38. The normalized spacial score (nSPS) is 10.8. The molecule has 0 aliphatic rings. The minimum Gasteiger partial charge on any atom is -0.319 e. The Bertz CT molecular complexity index is 1250. The molecule has 0 spiro atoms. The monoisotopic (exact) mass is 416 g/mol. The zero-order valence-corrected chi connectivity index (χ0v) is 17.7. The van der Waals surface area contributed by atoms with E-state index in [4.69, 9.17) is 11.6 Å². The number of benzene rings is 3. The predicted molar refractivity (Wildman–Crippen MR) is 120 cm³/mol. The largest absolute Gasteiger partial charge is 0.319 e. The molecule has 0 bridgehead atoms. The number of hydrogen-bond acceptors (Lipinski definition) is 3. The summed E-state index contributed by atoms with van der Waals surface area (Å²) in [7, 11) is 0. The van der Waals surface area contributed by atoms with Crippen LogP contribution in [0.3, 0.4) is 0 Å². The molecule has 1 heterocycles. The maximum Gasteiger partial charge on any atom is 0.295 e. The highest BCUT2D eigenvalue weighted by molar-refractivity contribution is 6.30. The molecule has 0 unspecified atom stereocenters. The SMILES string of the molecule is Cc1cccc(NC(=O)c2nc(-c3cccc(Cl)c3)n(-c3cc(C)ccc3C)n2)c1. The van der Waals surface area contributed by atoms with Crippen LogP contribution >= 0.6 is 11.6 Å². The minimum absolute atomic E-state index is 0.0902. The first-order valence-corrected chi connectivity index (χ1v) is 9.97. The molecule has 0 saturated carbocycles. The summed E-state index contributed by atoms with van der Waals surface area (Å²) in [6.07, 6.45) is 0. The van der Waals surface area contributed by atoms with Crippen LogP contribution in [0.1, 0.15) is 27.3 Å². The summed E-state index contributed by atoms with van der Waals surface area (Å²) < 4.78 is 1.71. The topological polar surface area (TPSA) is 59.8 Å². The standard InChI is InChI=1S/C24H21ClN4O/c1-15-6-4-9-20(12-15)26-24(30)22-27-23(18-7-5-8-19(25)14-18)29(28-22)21-13-16(2)10-11-17(21)3/h4-14H,1-3H3,(H,26,30). The lowest BCUT2D eigenvalue weighted by Crippen LogP contribution is -2.14. The average molecular weight is 417 g/mol. The van der Waals surface area contributed by atoms with Crippen LogP contribution in [0.2, 0.25) is 5.02 Å². The number of aryl methyl sites for hydroxylation is 3. The Labute approximate surface area is 180 Å². The van der Waals surface area contributed by atoms with E-state index in [2.05, 4.69) is 15.4 Å². The van der Waals surface area contributed by atoms with Crippen LogP contribution in [-0.4, -0.2) is 20.7 Å². The maximum absolute atomic E-state index is 12.9. The van der Waals surface area contributed by atoms with Crippen molar-refractivity contribution in [1.82, 2.24) is 14.8 Å². The van der Waals surface area contributed by atoms with Gasteiger partial charge in [0.05, 0.1) is 5.69 Å². The molecular formula is C24H21ClN4O. The van der Waals surface area contributed by atoms with Crippen molar-refractivity contribution in [2.75, 3.05) is 5.32 Å². The van der Waals surface area contributed by atoms with E-state index in [9.17, 15) is 4.79 Å². The molecule has 0 saturated heterocycles. The predicted octanol–water partition coefficient (Wildman–Crippen LogP) is 5.77. The fourth-order valence-electron chi connectivity index (χ4n) is 3.25. The van der Waals surface area contributed by atoms with Gasteiger partial charge in [-0.1, -0.05) is 48.0 Å². The summed E-state index contributed by atoms with van der Waals surface area (Å²) in [6, 6.07) is 21.1. The number of halogens is 1. The second-order valence-corrected chi connectivity index (χ2v) is 7.73. The van der Waals surface area contributed by atoms with Crippen LogP contribution in [0.15, 0.2) is 66.7 Å². The van der Waals surface area contributed by atoms with Gasteiger partial charge in [-0.3, -0.25) is 4.79 Å². The number of rotatable bonds is 4. The van der Waals surface area contributed by atoms with E-state index in [0.29, 0.717) is 16.5 Å². The van der Waals surface area contributed by atoms with Gasteiger partial charge >= 0.3 is 0 Å². The Morgan fingerprint density at radius 3 is 2.47 bits per heavy atom. The summed E-state index contributed by atoms with van der Waals surface area (Å²) in [5.41, 5.74) is 5.53. The third kappa shape index (κ3) is 4.11. The van der Waals surface area contributed by atoms with Gasteiger partial charge in [-0.2, -0.15) is 0 Å². The van der Waals surface area contributed by atoms with E-state index in [1.807, 2.05) is 81.4 Å². The fourth-order valence-corrected chi connectivity index (χ4v) is 3.44. The van der Waals surface area contributed by atoms with E-state index < -0.39 is 0 Å². The molecule has 3 aromatic carbocycles. The molecule has 1 N–H and O–H groups in total. The summed E-state index contributed by atoms with van der Waals surface area (Å²) in [5.74, 6) is 0.279. The van der Waals surface area contributed by atoms with Gasteiger partial charge in [0.2, 0.25) is 5.82 Å². The molecule has 0 radical (unpaired) electrons. The van der Waals surface area contributed by atoms with Crippen molar-refractivity contribution in [3.63, 3.8) is 0 Å². The fraction of sp³-hybridized carbons (Fsp3) is 0.125. The van der Waals surface area contributed by atoms with Gasteiger partial charge < -0.3 is 5.32 Å². The number of anilines is 1. The second-order valence-electron chi connectivity index (χ2n) is 7.29. The molecule has 1 amide bonds. The van der Waals surface area contributed by atoms with Crippen molar-refractivity contribution in [1.29, 1.82) is 0 Å². The van der Waals surface area contributed by atoms with Crippen molar-refractivity contribution < 1.29 is 4.79 Å². The Morgan fingerprint density at radius 2 is 1.70 bits per heavy atom. The van der Waals surface area contributed by atoms with Crippen LogP contribution in [0.4, 0.5) is 5.69 Å². The number of carbonyl (C=O) groups excluding carboxylic acids is 1. The molecule has 0 atom stereocenters. The van der Waals surface area contributed by atoms with E-state index in [1.54, 1.807) is 10.7 Å². The van der Waals surface area contributed by atoms with E-state index in [1.165, 1.54) is 0 Å². The zero-order valence-electron chi connectivity index (χ0n) is 17.0. The first-order valence-electron chi connectivity index (χ1n) is 9.59. The number of nitrogens with zero attached hydrogens (tertiary/aromatic N) is 3. The zero-order chi connectivity index (χ0) is 21.3. The third-order valence-corrected chi connectivity index (χ3v) is 5.00. The van der Waals surface area contributed by atoms with Gasteiger partial charge in [-0.15, -0.1) is 5.10 Å². The second kappa shape index (κ2) is 8.13. The molecule has 0 fully saturated rings. The first-order chi connectivity index (χ1) is 14.4. The molecule has 0 aliphatic heterocycles. The summed E-state index contributed by atoms with van der Waals surface area (Å²) in [6.45, 7) is 6.00. The minimum atomic E-state index is -0.368. The number of hydrogen-bond donors (Lipinski definition) is 1. The van der Waals surface area contributed by atoms with Crippen LogP contribution in [-0.2, 0) is 0 Å². The van der Waals surface area contributed by atoms with Gasteiger partial charge in [0.15, 0.2) is 5.82 Å². The van der Waals surface area contributed by atoms with Crippen molar-refractivity contribution in [2.45, 2.75) is 20.8 Å². The molecule has 0 aliphatic carbocycles. The van der Waals surface area contributed by atoms with Crippen LogP contribution in [0, 0.1) is 20.8 Å². The molecule has 5 nitrogen and oxygen atoms in total. The van der Waals surface area contributed by atoms with Gasteiger partial charge in [-0.25, -0.2) is 9.67 Å². The highest BCUT2D eigenvalue weighted by Gasteiger charge is 2.20. The van der Waals surface area contributed by atoms with Gasteiger partial charge in [0.1, 0.15) is 0 Å². The quantitative estimate of drug-likeness (QED) is 0.459. The van der Waals surface area contributed by atoms with E-state index in [-0.39, 0.29) is 11.7 Å². The Morgan fingerprint density at radius 1 is 0.933 bits per heavy atom. The number of carbonyl (C=O) groups is 1. The molecule has 6 heteroatoms. The molecular weight excluding hydrogens is 396 g/mol. The van der Waals surface area contributed by atoms with Crippen molar-refractivity contribution in [3.8, 4) is 17.1 Å².